The van der Waals surface area contributed by atoms with Gasteiger partial charge in [0.1, 0.15) is 5.75 Å². The molecule has 1 heterocycles. The van der Waals surface area contributed by atoms with Crippen LogP contribution in [0.15, 0.2) is 29.4 Å². The van der Waals surface area contributed by atoms with E-state index < -0.39 is 0 Å². The zero-order valence-electron chi connectivity index (χ0n) is 9.30. The van der Waals surface area contributed by atoms with Crippen LogP contribution in [0.5, 0.6) is 5.75 Å². The highest BCUT2D eigenvalue weighted by Crippen LogP contribution is 2.20. The fraction of sp³-hybridized carbons (Fsp3) is 0.417. The van der Waals surface area contributed by atoms with Crippen molar-refractivity contribution in [3.63, 3.8) is 0 Å². The third-order valence-corrected chi connectivity index (χ3v) is 2.88. The first-order valence-electron chi connectivity index (χ1n) is 5.56. The average Bonchev–Trinajstić information content (AvgIpc) is 2.40. The smallest absolute Gasteiger partial charge is 0.199 e. The maximum atomic E-state index is 8.52. The van der Waals surface area contributed by atoms with Gasteiger partial charge in [0.15, 0.2) is 11.5 Å². The van der Waals surface area contributed by atoms with Crippen LogP contribution in [-0.2, 0) is 4.74 Å². The molecule has 0 amide bonds. The second-order valence-corrected chi connectivity index (χ2v) is 4.19. The highest BCUT2D eigenvalue weighted by molar-refractivity contribution is 6.69. The molecule has 1 aromatic carbocycles. The van der Waals surface area contributed by atoms with E-state index in [1.54, 1.807) is 24.3 Å². The number of oxime groups is 1. The van der Waals surface area contributed by atoms with Crippen LogP contribution in [0, 0.1) is 0 Å². The van der Waals surface area contributed by atoms with Crippen LogP contribution in [-0.4, -0.2) is 23.3 Å². The first kappa shape index (κ1) is 12.2. The Balaban J connectivity index is 1.97. The summed E-state index contributed by atoms with van der Waals surface area (Å²) in [5.74, 6) is 0.725. The van der Waals surface area contributed by atoms with E-state index in [9.17, 15) is 0 Å². The summed E-state index contributed by atoms with van der Waals surface area (Å²) < 4.78 is 11.1. The van der Waals surface area contributed by atoms with Gasteiger partial charge in [-0.2, -0.15) is 0 Å². The summed E-state index contributed by atoms with van der Waals surface area (Å²) in [5.41, 5.74) is 0.645. The summed E-state index contributed by atoms with van der Waals surface area (Å²) in [7, 11) is 0. The lowest BCUT2D eigenvalue weighted by Gasteiger charge is -2.23. The van der Waals surface area contributed by atoms with Gasteiger partial charge in [-0.05, 0) is 37.1 Å². The van der Waals surface area contributed by atoms with Crippen molar-refractivity contribution in [3.05, 3.63) is 29.8 Å². The van der Waals surface area contributed by atoms with Crippen molar-refractivity contribution in [3.8, 4) is 5.75 Å². The van der Waals surface area contributed by atoms with Crippen molar-refractivity contribution in [1.29, 1.82) is 0 Å². The Hall–Kier alpha value is -1.26. The molecule has 0 aromatic heterocycles. The van der Waals surface area contributed by atoms with Gasteiger partial charge in [-0.3, -0.25) is 0 Å². The molecule has 1 fully saturated rings. The van der Waals surface area contributed by atoms with Gasteiger partial charge in [0.2, 0.25) is 0 Å². The van der Waals surface area contributed by atoms with E-state index in [0.29, 0.717) is 5.56 Å². The molecule has 1 atom stereocenters. The highest BCUT2D eigenvalue weighted by atomic mass is 35.5. The number of hydrogen-bond donors (Lipinski definition) is 1. The predicted octanol–water partition coefficient (Wildman–Crippen LogP) is 2.97. The normalized spacial score (nSPS) is 21.2. The standard InChI is InChI=1S/C12H14ClNO3/c13-12(14-15)9-4-6-10(7-5-9)17-11-3-1-2-8-16-11/h4-7,11,15H,1-3,8H2/b14-12-. The third-order valence-electron chi connectivity index (χ3n) is 2.59. The van der Waals surface area contributed by atoms with Gasteiger partial charge in [-0.1, -0.05) is 16.8 Å². The molecular formula is C12H14ClNO3. The Morgan fingerprint density at radius 3 is 2.71 bits per heavy atom. The number of nitrogens with zero attached hydrogens (tertiary/aromatic N) is 1. The number of hydrogen-bond acceptors (Lipinski definition) is 4. The van der Waals surface area contributed by atoms with E-state index in [1.165, 1.54) is 0 Å². The van der Waals surface area contributed by atoms with Crippen molar-refractivity contribution in [2.24, 2.45) is 5.16 Å². The fourth-order valence-electron chi connectivity index (χ4n) is 1.68. The molecule has 1 N–H and O–H groups in total. The summed E-state index contributed by atoms with van der Waals surface area (Å²) in [6.07, 6.45) is 2.99. The second-order valence-electron chi connectivity index (χ2n) is 3.83. The van der Waals surface area contributed by atoms with Crippen LogP contribution in [0.25, 0.3) is 0 Å². The first-order chi connectivity index (χ1) is 8.29. The maximum Gasteiger partial charge on any atom is 0.199 e. The Bertz CT molecular complexity index is 385. The molecule has 0 aliphatic carbocycles. The number of benzene rings is 1. The molecule has 1 aromatic rings. The molecule has 17 heavy (non-hydrogen) atoms. The van der Waals surface area contributed by atoms with Crippen LogP contribution < -0.4 is 4.74 Å². The monoisotopic (exact) mass is 255 g/mol. The van der Waals surface area contributed by atoms with Gasteiger partial charge in [0.25, 0.3) is 0 Å². The van der Waals surface area contributed by atoms with Crippen molar-refractivity contribution < 1.29 is 14.7 Å². The zero-order chi connectivity index (χ0) is 12.1. The van der Waals surface area contributed by atoms with E-state index in [2.05, 4.69) is 5.16 Å². The van der Waals surface area contributed by atoms with Crippen LogP contribution in [0.3, 0.4) is 0 Å². The summed E-state index contributed by atoms with van der Waals surface area (Å²) in [6.45, 7) is 0.756. The fourth-order valence-corrected chi connectivity index (χ4v) is 1.81. The van der Waals surface area contributed by atoms with Crippen molar-refractivity contribution in [2.75, 3.05) is 6.61 Å². The zero-order valence-corrected chi connectivity index (χ0v) is 10.1. The van der Waals surface area contributed by atoms with Crippen molar-refractivity contribution >= 4 is 16.8 Å². The molecule has 92 valence electrons. The minimum absolute atomic E-state index is 0.0606. The quantitative estimate of drug-likeness (QED) is 0.513. The molecule has 1 aliphatic rings. The van der Waals surface area contributed by atoms with Crippen molar-refractivity contribution in [2.45, 2.75) is 25.6 Å². The molecule has 0 bridgehead atoms. The highest BCUT2D eigenvalue weighted by Gasteiger charge is 2.15. The molecule has 1 unspecified atom stereocenters. The van der Waals surface area contributed by atoms with E-state index in [-0.39, 0.29) is 11.5 Å². The van der Waals surface area contributed by atoms with Gasteiger partial charge in [0.05, 0.1) is 6.61 Å². The van der Waals surface area contributed by atoms with E-state index in [4.69, 9.17) is 26.3 Å². The molecule has 4 nitrogen and oxygen atoms in total. The molecular weight excluding hydrogens is 242 g/mol. The van der Waals surface area contributed by atoms with Gasteiger partial charge < -0.3 is 14.7 Å². The summed E-state index contributed by atoms with van der Waals surface area (Å²) in [4.78, 5) is 0. The maximum absolute atomic E-state index is 8.52. The SMILES string of the molecule is O/N=C(\Cl)c1ccc(OC2CCCCO2)cc1. The second kappa shape index (κ2) is 5.89. The van der Waals surface area contributed by atoms with Gasteiger partial charge in [-0.15, -0.1) is 0 Å². The van der Waals surface area contributed by atoms with Crippen LogP contribution in [0.2, 0.25) is 0 Å². The lowest BCUT2D eigenvalue weighted by atomic mass is 10.2. The topological polar surface area (TPSA) is 51.1 Å². The minimum Gasteiger partial charge on any atom is -0.465 e. The van der Waals surface area contributed by atoms with E-state index in [0.717, 1.165) is 31.6 Å². The number of rotatable bonds is 3. The molecule has 1 saturated heterocycles. The predicted molar refractivity (Wildman–Crippen MR) is 64.8 cm³/mol. The van der Waals surface area contributed by atoms with Gasteiger partial charge in [-0.25, -0.2) is 0 Å². The molecule has 2 rings (SSSR count). The Labute approximate surface area is 105 Å². The van der Waals surface area contributed by atoms with Gasteiger partial charge >= 0.3 is 0 Å². The van der Waals surface area contributed by atoms with Crippen LogP contribution in [0.4, 0.5) is 0 Å². The molecule has 0 radical (unpaired) electrons. The Morgan fingerprint density at radius 1 is 1.35 bits per heavy atom. The van der Waals surface area contributed by atoms with Gasteiger partial charge in [0, 0.05) is 12.0 Å². The largest absolute Gasteiger partial charge is 0.465 e. The number of halogens is 1. The van der Waals surface area contributed by atoms with Crippen LogP contribution in [0.1, 0.15) is 24.8 Å². The van der Waals surface area contributed by atoms with E-state index in [1.807, 2.05) is 0 Å². The molecule has 1 aliphatic heterocycles. The third kappa shape index (κ3) is 3.35. The average molecular weight is 256 g/mol. The Kier molecular flexibility index (Phi) is 4.23. The molecule has 0 saturated carbocycles. The van der Waals surface area contributed by atoms with Crippen LogP contribution >= 0.6 is 11.6 Å². The van der Waals surface area contributed by atoms with E-state index >= 15 is 0 Å². The summed E-state index contributed by atoms with van der Waals surface area (Å²) in [5, 5.41) is 11.5. The molecule has 5 heteroatoms. The Morgan fingerprint density at radius 2 is 2.12 bits per heavy atom. The summed E-state index contributed by atoms with van der Waals surface area (Å²) >= 11 is 5.67. The number of ether oxygens (including phenoxy) is 2. The minimum atomic E-state index is -0.156. The lowest BCUT2D eigenvalue weighted by Crippen LogP contribution is -2.24. The first-order valence-corrected chi connectivity index (χ1v) is 5.93. The molecule has 0 spiro atoms. The lowest BCUT2D eigenvalue weighted by molar-refractivity contribution is -0.105. The van der Waals surface area contributed by atoms with Crippen molar-refractivity contribution in [1.82, 2.24) is 0 Å². The summed E-state index contributed by atoms with van der Waals surface area (Å²) in [6, 6.07) is 7.03.